The van der Waals surface area contributed by atoms with Crippen LogP contribution in [0, 0.1) is 0 Å². The van der Waals surface area contributed by atoms with Crippen molar-refractivity contribution in [2.45, 2.75) is 0 Å². The van der Waals surface area contributed by atoms with Gasteiger partial charge in [-0.3, -0.25) is 0 Å². The van der Waals surface area contributed by atoms with E-state index in [0.717, 1.165) is 27.0 Å². The van der Waals surface area contributed by atoms with Crippen LogP contribution in [0.2, 0.25) is 0 Å². The lowest BCUT2D eigenvalue weighted by molar-refractivity contribution is 1.08. The molecule has 11 rings (SSSR count). The van der Waals surface area contributed by atoms with E-state index >= 15 is 0 Å². The van der Waals surface area contributed by atoms with E-state index in [1.165, 1.54) is 63.5 Å². The third-order valence-corrected chi connectivity index (χ3v) is 13.0. The summed E-state index contributed by atoms with van der Waals surface area (Å²) < 4.78 is 5.02. The lowest BCUT2D eigenvalue weighted by Gasteiger charge is -2.11. The Morgan fingerprint density at radius 1 is 0.286 bits per heavy atom. The number of benzene rings is 8. The molecule has 262 valence electrons. The maximum atomic E-state index is 5.19. The standard InChI is InChI=1S/C51H31N3S2/c1-4-14-32(15-5-1)33-26-28-36(29-27-33)50-52-49(35-18-8-3-9-19-35)53-51(54-50)41-23-12-22-40-46-38(21-13-25-45(46)56-47(40)41)37-30-42(34-16-6-2-7-17-34)48-43(31-37)39-20-10-11-24-44(39)55-48/h1-31H. The second-order valence-electron chi connectivity index (χ2n) is 13.9. The van der Waals surface area contributed by atoms with Crippen LogP contribution in [-0.4, -0.2) is 15.0 Å². The van der Waals surface area contributed by atoms with Gasteiger partial charge in [-0.15, -0.1) is 22.7 Å². The van der Waals surface area contributed by atoms with Crippen molar-refractivity contribution >= 4 is 63.0 Å². The van der Waals surface area contributed by atoms with Gasteiger partial charge in [0.15, 0.2) is 17.5 Å². The summed E-state index contributed by atoms with van der Waals surface area (Å²) in [5.74, 6) is 1.97. The van der Waals surface area contributed by atoms with E-state index in [1.807, 2.05) is 35.6 Å². The largest absolute Gasteiger partial charge is 0.208 e. The predicted molar refractivity (Wildman–Crippen MR) is 238 cm³/mol. The van der Waals surface area contributed by atoms with Gasteiger partial charge in [0.1, 0.15) is 0 Å². The molecule has 0 spiro atoms. The normalized spacial score (nSPS) is 11.6. The molecular weight excluding hydrogens is 719 g/mol. The van der Waals surface area contributed by atoms with E-state index in [-0.39, 0.29) is 0 Å². The van der Waals surface area contributed by atoms with Crippen LogP contribution in [0.3, 0.4) is 0 Å². The Hall–Kier alpha value is -6.79. The lowest BCUT2D eigenvalue weighted by atomic mass is 9.93. The highest BCUT2D eigenvalue weighted by molar-refractivity contribution is 7.26. The average Bonchev–Trinajstić information content (AvgIpc) is 3.86. The molecule has 5 heteroatoms. The Kier molecular flexibility index (Phi) is 7.87. The second-order valence-corrected chi connectivity index (χ2v) is 16.0. The first-order valence-electron chi connectivity index (χ1n) is 18.7. The first-order valence-corrected chi connectivity index (χ1v) is 20.3. The smallest absolute Gasteiger partial charge is 0.165 e. The van der Waals surface area contributed by atoms with Crippen molar-refractivity contribution in [1.82, 2.24) is 15.0 Å². The summed E-state index contributed by atoms with van der Waals surface area (Å²) >= 11 is 3.68. The van der Waals surface area contributed by atoms with Crippen molar-refractivity contribution in [2.75, 3.05) is 0 Å². The highest BCUT2D eigenvalue weighted by Crippen LogP contribution is 2.47. The molecule has 0 bridgehead atoms. The molecule has 0 saturated carbocycles. The summed E-state index contributed by atoms with van der Waals surface area (Å²) in [5, 5.41) is 5.04. The molecule has 0 saturated heterocycles. The number of fused-ring (bicyclic) bond motifs is 6. The second kappa shape index (κ2) is 13.5. The fourth-order valence-corrected chi connectivity index (χ4v) is 10.3. The lowest BCUT2D eigenvalue weighted by Crippen LogP contribution is -2.00. The summed E-state index contributed by atoms with van der Waals surface area (Å²) in [7, 11) is 0. The average molecular weight is 750 g/mol. The van der Waals surface area contributed by atoms with Crippen LogP contribution < -0.4 is 0 Å². The number of aromatic nitrogens is 3. The van der Waals surface area contributed by atoms with Gasteiger partial charge in [-0.05, 0) is 58.1 Å². The van der Waals surface area contributed by atoms with Gasteiger partial charge in [0.2, 0.25) is 0 Å². The summed E-state index contributed by atoms with van der Waals surface area (Å²) in [6, 6.07) is 66.8. The molecular formula is C51H31N3S2. The minimum absolute atomic E-state index is 0.650. The molecule has 0 aliphatic carbocycles. The topological polar surface area (TPSA) is 38.7 Å². The van der Waals surface area contributed by atoms with Gasteiger partial charge in [0.05, 0.1) is 0 Å². The molecule has 0 radical (unpaired) electrons. The van der Waals surface area contributed by atoms with Gasteiger partial charge >= 0.3 is 0 Å². The molecule has 11 aromatic rings. The first-order chi connectivity index (χ1) is 27.7. The van der Waals surface area contributed by atoms with Crippen LogP contribution in [0.5, 0.6) is 0 Å². The van der Waals surface area contributed by atoms with Crippen molar-refractivity contribution in [1.29, 1.82) is 0 Å². The fourth-order valence-electron chi connectivity index (χ4n) is 7.86. The summed E-state index contributed by atoms with van der Waals surface area (Å²) in [5.41, 5.74) is 10.2. The zero-order valence-corrected chi connectivity index (χ0v) is 31.7. The van der Waals surface area contributed by atoms with E-state index in [9.17, 15) is 0 Å². The third-order valence-electron chi connectivity index (χ3n) is 10.6. The van der Waals surface area contributed by atoms with Gasteiger partial charge in [0.25, 0.3) is 0 Å². The van der Waals surface area contributed by atoms with Crippen LogP contribution in [0.15, 0.2) is 188 Å². The Morgan fingerprint density at radius 3 is 1.54 bits per heavy atom. The highest BCUT2D eigenvalue weighted by Gasteiger charge is 2.20. The van der Waals surface area contributed by atoms with Crippen molar-refractivity contribution < 1.29 is 0 Å². The van der Waals surface area contributed by atoms with Gasteiger partial charge in [0, 0.05) is 62.6 Å². The molecule has 56 heavy (non-hydrogen) atoms. The van der Waals surface area contributed by atoms with Crippen LogP contribution in [-0.2, 0) is 0 Å². The molecule has 0 aliphatic rings. The predicted octanol–water partition coefficient (Wildman–Crippen LogP) is 14.6. The van der Waals surface area contributed by atoms with Gasteiger partial charge in [-0.1, -0.05) is 158 Å². The molecule has 0 unspecified atom stereocenters. The molecule has 8 aromatic carbocycles. The van der Waals surface area contributed by atoms with Gasteiger partial charge in [-0.2, -0.15) is 0 Å². The van der Waals surface area contributed by atoms with Crippen LogP contribution in [0.4, 0.5) is 0 Å². The molecule has 0 atom stereocenters. The van der Waals surface area contributed by atoms with Crippen molar-refractivity contribution in [2.24, 2.45) is 0 Å². The van der Waals surface area contributed by atoms with E-state index in [1.54, 1.807) is 11.3 Å². The van der Waals surface area contributed by atoms with E-state index in [2.05, 4.69) is 164 Å². The maximum Gasteiger partial charge on any atom is 0.165 e. The van der Waals surface area contributed by atoms with Crippen LogP contribution in [0.1, 0.15) is 0 Å². The Morgan fingerprint density at radius 2 is 0.786 bits per heavy atom. The molecule has 0 aliphatic heterocycles. The van der Waals surface area contributed by atoms with E-state index < -0.39 is 0 Å². The zero-order chi connectivity index (χ0) is 37.0. The summed E-state index contributed by atoms with van der Waals surface area (Å²) in [4.78, 5) is 15.4. The Balaban J connectivity index is 1.10. The monoisotopic (exact) mass is 749 g/mol. The molecule has 0 fully saturated rings. The van der Waals surface area contributed by atoms with Gasteiger partial charge in [-0.25, -0.2) is 15.0 Å². The van der Waals surface area contributed by atoms with Crippen molar-refractivity contribution in [3.8, 4) is 67.5 Å². The van der Waals surface area contributed by atoms with Crippen molar-refractivity contribution in [3.05, 3.63) is 188 Å². The van der Waals surface area contributed by atoms with E-state index in [0.29, 0.717) is 17.5 Å². The van der Waals surface area contributed by atoms with Gasteiger partial charge < -0.3 is 0 Å². The number of nitrogens with zero attached hydrogens (tertiary/aromatic N) is 3. The minimum Gasteiger partial charge on any atom is -0.208 e. The zero-order valence-electron chi connectivity index (χ0n) is 30.1. The molecule has 3 aromatic heterocycles. The molecule has 0 amide bonds. The molecule has 3 heterocycles. The fraction of sp³-hybridized carbons (Fsp3) is 0. The Bertz CT molecular complexity index is 3220. The third kappa shape index (κ3) is 5.60. The molecule has 0 N–H and O–H groups in total. The maximum absolute atomic E-state index is 5.19. The first kappa shape index (κ1) is 32.6. The summed E-state index contributed by atoms with van der Waals surface area (Å²) in [6.07, 6.45) is 0. The molecule has 3 nitrogen and oxygen atoms in total. The number of hydrogen-bond donors (Lipinski definition) is 0. The van der Waals surface area contributed by atoms with Crippen molar-refractivity contribution in [3.63, 3.8) is 0 Å². The minimum atomic E-state index is 0.650. The van der Waals surface area contributed by atoms with Crippen LogP contribution >= 0.6 is 22.7 Å². The number of thiophene rings is 2. The SMILES string of the molecule is c1ccc(-c2ccc(-c3nc(-c4ccccc4)nc(-c4cccc5c4sc4cccc(-c6cc(-c7ccccc7)c7sc8ccccc8c7c6)c45)n3)cc2)cc1. The Labute approximate surface area is 331 Å². The number of rotatable bonds is 6. The number of hydrogen-bond acceptors (Lipinski definition) is 5. The van der Waals surface area contributed by atoms with E-state index in [4.69, 9.17) is 15.0 Å². The van der Waals surface area contributed by atoms with Crippen LogP contribution in [0.25, 0.3) is 108 Å². The highest BCUT2D eigenvalue weighted by atomic mass is 32.1. The summed E-state index contributed by atoms with van der Waals surface area (Å²) in [6.45, 7) is 0. The quantitative estimate of drug-likeness (QED) is 0.170.